The molecule has 2 aliphatic heterocycles. The van der Waals surface area contributed by atoms with Crippen LogP contribution in [0.3, 0.4) is 0 Å². The first kappa shape index (κ1) is 18.0. The highest BCUT2D eigenvalue weighted by Gasteiger charge is 2.57. The number of amides is 1. The van der Waals surface area contributed by atoms with Crippen LogP contribution in [0.15, 0.2) is 60.7 Å². The van der Waals surface area contributed by atoms with Crippen LogP contribution in [0, 0.1) is 0 Å². The molecule has 2 aromatic rings. The number of rotatable bonds is 6. The van der Waals surface area contributed by atoms with Crippen molar-refractivity contribution in [3.05, 3.63) is 71.8 Å². The van der Waals surface area contributed by atoms with Gasteiger partial charge in [-0.05, 0) is 11.1 Å². The number of likely N-dealkylation sites (tertiary alicyclic amines) is 1. The van der Waals surface area contributed by atoms with Gasteiger partial charge in [0.15, 0.2) is 6.29 Å². The smallest absolute Gasteiger partial charge is 0.410 e. The van der Waals surface area contributed by atoms with Gasteiger partial charge in [-0.25, -0.2) is 4.79 Å². The molecule has 6 nitrogen and oxygen atoms in total. The number of morpholine rings is 1. The fourth-order valence-corrected chi connectivity index (χ4v) is 3.66. The Hall–Kier alpha value is -2.41. The van der Waals surface area contributed by atoms with Gasteiger partial charge in [0.05, 0.1) is 13.2 Å². The van der Waals surface area contributed by atoms with E-state index in [1.807, 2.05) is 60.7 Å². The molecule has 142 valence electrons. The van der Waals surface area contributed by atoms with Gasteiger partial charge in [0.1, 0.15) is 24.9 Å². The number of ether oxygens (including phenoxy) is 4. The van der Waals surface area contributed by atoms with Crippen LogP contribution < -0.4 is 0 Å². The number of carbonyl (C=O) groups excluding carboxylic acids is 1. The van der Waals surface area contributed by atoms with Crippen LogP contribution in [0.1, 0.15) is 11.1 Å². The van der Waals surface area contributed by atoms with Crippen LogP contribution in [0.2, 0.25) is 0 Å². The highest BCUT2D eigenvalue weighted by Crippen LogP contribution is 2.36. The third kappa shape index (κ3) is 3.83. The van der Waals surface area contributed by atoms with Gasteiger partial charge in [0, 0.05) is 7.11 Å². The molecule has 27 heavy (non-hydrogen) atoms. The molecular formula is C21H23NO5. The maximum Gasteiger partial charge on any atom is 0.410 e. The number of hydrogen-bond acceptors (Lipinski definition) is 5. The SMILES string of the molecule is CO[C@@H]1O[C@@H]2CN(C(=O)OCc3ccccc3)[C@H]1[C@H]2OCc1ccccc1. The number of carbonyl (C=O) groups is 1. The predicted molar refractivity (Wildman–Crippen MR) is 97.8 cm³/mol. The van der Waals surface area contributed by atoms with Crippen molar-refractivity contribution in [2.24, 2.45) is 0 Å². The first-order chi connectivity index (χ1) is 13.3. The van der Waals surface area contributed by atoms with E-state index >= 15 is 0 Å². The van der Waals surface area contributed by atoms with E-state index in [1.165, 1.54) is 0 Å². The summed E-state index contributed by atoms with van der Waals surface area (Å²) in [5, 5.41) is 0. The Morgan fingerprint density at radius 3 is 2.30 bits per heavy atom. The molecule has 2 bridgehead atoms. The molecule has 2 heterocycles. The topological polar surface area (TPSA) is 57.2 Å². The second-order valence-electron chi connectivity index (χ2n) is 6.72. The van der Waals surface area contributed by atoms with Crippen molar-refractivity contribution in [2.45, 2.75) is 37.8 Å². The van der Waals surface area contributed by atoms with Gasteiger partial charge >= 0.3 is 6.09 Å². The second-order valence-corrected chi connectivity index (χ2v) is 6.72. The molecule has 0 N–H and O–H groups in total. The van der Waals surface area contributed by atoms with Crippen LogP contribution in [0.25, 0.3) is 0 Å². The van der Waals surface area contributed by atoms with Crippen molar-refractivity contribution in [2.75, 3.05) is 13.7 Å². The van der Waals surface area contributed by atoms with Crippen molar-refractivity contribution < 1.29 is 23.7 Å². The number of benzene rings is 2. The summed E-state index contributed by atoms with van der Waals surface area (Å²) in [7, 11) is 1.58. The predicted octanol–water partition coefficient (Wildman–Crippen LogP) is 2.96. The lowest BCUT2D eigenvalue weighted by atomic mass is 10.1. The molecule has 1 amide bonds. The zero-order chi connectivity index (χ0) is 18.6. The summed E-state index contributed by atoms with van der Waals surface area (Å²) in [5.74, 6) is 0. The van der Waals surface area contributed by atoms with Gasteiger partial charge in [-0.15, -0.1) is 0 Å². The van der Waals surface area contributed by atoms with Crippen LogP contribution in [-0.2, 0) is 32.2 Å². The Kier molecular flexibility index (Phi) is 5.38. The lowest BCUT2D eigenvalue weighted by Crippen LogP contribution is -2.48. The molecule has 0 aliphatic carbocycles. The molecule has 0 unspecified atom stereocenters. The number of fused-ring (bicyclic) bond motifs is 2. The Balaban J connectivity index is 1.39. The molecule has 0 saturated carbocycles. The van der Waals surface area contributed by atoms with Gasteiger partial charge in [0.2, 0.25) is 0 Å². The third-order valence-corrected chi connectivity index (χ3v) is 4.98. The molecule has 0 spiro atoms. The zero-order valence-corrected chi connectivity index (χ0v) is 15.2. The van der Waals surface area contributed by atoms with E-state index in [2.05, 4.69) is 0 Å². The van der Waals surface area contributed by atoms with E-state index in [1.54, 1.807) is 12.0 Å². The normalized spacial score (nSPS) is 26.3. The highest BCUT2D eigenvalue weighted by molar-refractivity contribution is 5.69. The average molecular weight is 369 g/mol. The maximum absolute atomic E-state index is 12.6. The van der Waals surface area contributed by atoms with Crippen molar-refractivity contribution in [3.8, 4) is 0 Å². The summed E-state index contributed by atoms with van der Waals surface area (Å²) in [6.45, 7) is 1.14. The minimum Gasteiger partial charge on any atom is -0.445 e. The quantitative estimate of drug-likeness (QED) is 0.784. The van der Waals surface area contributed by atoms with E-state index in [0.29, 0.717) is 13.2 Å². The number of methoxy groups -OCH3 is 1. The van der Waals surface area contributed by atoms with Crippen LogP contribution in [0.5, 0.6) is 0 Å². The lowest BCUT2D eigenvalue weighted by molar-refractivity contribution is -0.162. The summed E-state index contributed by atoms with van der Waals surface area (Å²) in [6, 6.07) is 19.3. The molecule has 0 aromatic heterocycles. The Morgan fingerprint density at radius 2 is 1.67 bits per heavy atom. The average Bonchev–Trinajstić information content (AvgIpc) is 3.26. The van der Waals surface area contributed by atoms with Gasteiger partial charge < -0.3 is 18.9 Å². The van der Waals surface area contributed by atoms with Crippen molar-refractivity contribution in [3.63, 3.8) is 0 Å². The van der Waals surface area contributed by atoms with Crippen molar-refractivity contribution in [1.29, 1.82) is 0 Å². The number of hydrogen-bond donors (Lipinski definition) is 0. The van der Waals surface area contributed by atoms with Gasteiger partial charge in [-0.2, -0.15) is 0 Å². The molecule has 2 aliphatic rings. The largest absolute Gasteiger partial charge is 0.445 e. The summed E-state index contributed by atoms with van der Waals surface area (Å²) in [4.78, 5) is 14.3. The molecule has 2 saturated heterocycles. The Morgan fingerprint density at radius 1 is 1.04 bits per heavy atom. The maximum atomic E-state index is 12.6. The Bertz CT molecular complexity index is 754. The van der Waals surface area contributed by atoms with Crippen molar-refractivity contribution >= 4 is 6.09 Å². The highest BCUT2D eigenvalue weighted by atomic mass is 16.7. The number of nitrogens with zero attached hydrogens (tertiary/aromatic N) is 1. The van der Waals surface area contributed by atoms with E-state index in [0.717, 1.165) is 11.1 Å². The molecule has 0 radical (unpaired) electrons. The molecule has 4 rings (SSSR count). The summed E-state index contributed by atoms with van der Waals surface area (Å²) in [6.07, 6.45) is -1.33. The minimum atomic E-state index is -0.506. The molecule has 2 fully saturated rings. The molecule has 2 aromatic carbocycles. The molecule has 4 atom stereocenters. The summed E-state index contributed by atoms with van der Waals surface area (Å²) >= 11 is 0. The van der Waals surface area contributed by atoms with Gasteiger partial charge in [-0.1, -0.05) is 60.7 Å². The van der Waals surface area contributed by atoms with E-state index in [-0.39, 0.29) is 30.9 Å². The first-order valence-corrected chi connectivity index (χ1v) is 9.07. The van der Waals surface area contributed by atoms with Crippen LogP contribution >= 0.6 is 0 Å². The zero-order valence-electron chi connectivity index (χ0n) is 15.2. The van der Waals surface area contributed by atoms with Crippen LogP contribution in [0.4, 0.5) is 4.79 Å². The lowest BCUT2D eigenvalue weighted by Gasteiger charge is -2.31. The van der Waals surface area contributed by atoms with E-state index in [9.17, 15) is 4.79 Å². The third-order valence-electron chi connectivity index (χ3n) is 4.98. The van der Waals surface area contributed by atoms with Gasteiger partial charge in [-0.3, -0.25) is 4.90 Å². The van der Waals surface area contributed by atoms with E-state index in [4.69, 9.17) is 18.9 Å². The summed E-state index contributed by atoms with van der Waals surface area (Å²) < 4.78 is 22.9. The fourth-order valence-electron chi connectivity index (χ4n) is 3.66. The van der Waals surface area contributed by atoms with Crippen molar-refractivity contribution in [1.82, 2.24) is 4.90 Å². The Labute approximate surface area is 158 Å². The monoisotopic (exact) mass is 369 g/mol. The van der Waals surface area contributed by atoms with Crippen LogP contribution in [-0.4, -0.2) is 49.2 Å². The first-order valence-electron chi connectivity index (χ1n) is 9.07. The fraction of sp³-hybridized carbons (Fsp3) is 0.381. The summed E-state index contributed by atoms with van der Waals surface area (Å²) in [5.41, 5.74) is 2.03. The molecular weight excluding hydrogens is 346 g/mol. The second kappa shape index (κ2) is 8.08. The van der Waals surface area contributed by atoms with E-state index < -0.39 is 6.29 Å². The van der Waals surface area contributed by atoms with Gasteiger partial charge in [0.25, 0.3) is 0 Å². The minimum absolute atomic E-state index is 0.215. The standard InChI is InChI=1S/C21H23NO5/c1-24-20-18-19(25-13-15-8-4-2-5-9-15)17(27-20)12-22(18)21(23)26-14-16-10-6-3-7-11-16/h2-11,17-20H,12-14H2,1H3/t17-,18+,19+,20-/m1/s1. The molecule has 6 heteroatoms.